The zero-order valence-corrected chi connectivity index (χ0v) is 17.3. The van der Waals surface area contributed by atoms with Crippen molar-refractivity contribution in [1.29, 1.82) is 0 Å². The summed E-state index contributed by atoms with van der Waals surface area (Å²) in [7, 11) is -3.85. The Hall–Kier alpha value is -3.30. The number of ether oxygens (including phenoxy) is 1. The first-order chi connectivity index (χ1) is 14.7. The van der Waals surface area contributed by atoms with Gasteiger partial charge in [-0.2, -0.15) is 8.78 Å². The number of hydrogen-bond donors (Lipinski definition) is 2. The third-order valence-electron chi connectivity index (χ3n) is 4.39. The second kappa shape index (κ2) is 9.67. The first-order valence-electron chi connectivity index (χ1n) is 9.25. The Morgan fingerprint density at radius 3 is 2.32 bits per heavy atom. The molecule has 0 fully saturated rings. The van der Waals surface area contributed by atoms with Crippen molar-refractivity contribution in [2.45, 2.75) is 25.0 Å². The zero-order valence-electron chi connectivity index (χ0n) is 16.5. The topological polar surface area (TPSA) is 84.5 Å². The molecule has 0 atom stereocenters. The number of rotatable bonds is 8. The van der Waals surface area contributed by atoms with Gasteiger partial charge in [0.05, 0.1) is 4.90 Å². The SMILES string of the molecule is Cc1ccc(C(=O)Nc2ccc(OC(F)F)cc2)cc1S(=O)(=O)NCc1ccccc1. The van der Waals surface area contributed by atoms with E-state index in [9.17, 15) is 22.0 Å². The lowest BCUT2D eigenvalue weighted by Gasteiger charge is -2.12. The molecular weight excluding hydrogens is 426 g/mol. The predicted molar refractivity (Wildman–Crippen MR) is 113 cm³/mol. The normalized spacial score (nSPS) is 11.4. The molecule has 1 amide bonds. The lowest BCUT2D eigenvalue weighted by atomic mass is 10.1. The maximum atomic E-state index is 12.8. The van der Waals surface area contributed by atoms with Gasteiger partial charge in [-0.1, -0.05) is 36.4 Å². The lowest BCUT2D eigenvalue weighted by Crippen LogP contribution is -2.24. The molecule has 0 unspecified atom stereocenters. The number of anilines is 1. The molecular formula is C22H20F2N2O4S. The summed E-state index contributed by atoms with van der Waals surface area (Å²) in [6.07, 6.45) is 0. The summed E-state index contributed by atoms with van der Waals surface area (Å²) >= 11 is 0. The van der Waals surface area contributed by atoms with Gasteiger partial charge in [0, 0.05) is 17.8 Å². The molecule has 31 heavy (non-hydrogen) atoms. The number of halogens is 2. The maximum absolute atomic E-state index is 12.8. The van der Waals surface area contributed by atoms with Gasteiger partial charge < -0.3 is 10.1 Å². The number of sulfonamides is 1. The van der Waals surface area contributed by atoms with Crippen LogP contribution in [0.5, 0.6) is 5.75 Å². The van der Waals surface area contributed by atoms with Crippen LogP contribution in [-0.4, -0.2) is 20.9 Å². The van der Waals surface area contributed by atoms with E-state index in [4.69, 9.17) is 0 Å². The van der Waals surface area contributed by atoms with Crippen LogP contribution in [0.25, 0.3) is 0 Å². The summed E-state index contributed by atoms with van der Waals surface area (Å²) in [4.78, 5) is 12.6. The Bertz CT molecular complexity index is 1150. The van der Waals surface area contributed by atoms with Gasteiger partial charge in [-0.15, -0.1) is 0 Å². The van der Waals surface area contributed by atoms with Crippen LogP contribution in [-0.2, 0) is 16.6 Å². The lowest BCUT2D eigenvalue weighted by molar-refractivity contribution is -0.0498. The van der Waals surface area contributed by atoms with Gasteiger partial charge in [-0.3, -0.25) is 4.79 Å². The number of alkyl halides is 2. The fourth-order valence-corrected chi connectivity index (χ4v) is 4.09. The largest absolute Gasteiger partial charge is 0.435 e. The van der Waals surface area contributed by atoms with Gasteiger partial charge in [-0.05, 0) is 54.4 Å². The summed E-state index contributed by atoms with van der Waals surface area (Å²) in [5.41, 5.74) is 1.78. The van der Waals surface area contributed by atoms with E-state index in [1.807, 2.05) is 18.2 Å². The van der Waals surface area contributed by atoms with E-state index in [1.54, 1.807) is 25.1 Å². The number of benzene rings is 3. The smallest absolute Gasteiger partial charge is 0.387 e. The van der Waals surface area contributed by atoms with Gasteiger partial charge in [0.1, 0.15) is 5.75 Å². The molecule has 0 aliphatic heterocycles. The van der Waals surface area contributed by atoms with E-state index in [0.717, 1.165) is 5.56 Å². The van der Waals surface area contributed by atoms with E-state index in [2.05, 4.69) is 14.8 Å². The second-order valence-electron chi connectivity index (χ2n) is 6.65. The molecule has 0 aliphatic rings. The Morgan fingerprint density at radius 1 is 1.00 bits per heavy atom. The second-order valence-corrected chi connectivity index (χ2v) is 8.38. The standard InChI is InChI=1S/C22H20F2N2O4S/c1-15-7-8-17(21(27)26-18-9-11-19(12-10-18)30-22(23)24)13-20(15)31(28,29)25-14-16-5-3-2-4-6-16/h2-13,22,25H,14H2,1H3,(H,26,27). The molecule has 0 aromatic heterocycles. The monoisotopic (exact) mass is 446 g/mol. The number of hydrogen-bond acceptors (Lipinski definition) is 4. The van der Waals surface area contributed by atoms with Gasteiger partial charge in [0.15, 0.2) is 0 Å². The van der Waals surface area contributed by atoms with Crippen LogP contribution in [0.2, 0.25) is 0 Å². The summed E-state index contributed by atoms with van der Waals surface area (Å²) in [5.74, 6) is -0.580. The molecule has 0 saturated heterocycles. The van der Waals surface area contributed by atoms with Crippen LogP contribution >= 0.6 is 0 Å². The molecule has 2 N–H and O–H groups in total. The van der Waals surface area contributed by atoms with Gasteiger partial charge in [-0.25, -0.2) is 13.1 Å². The average molecular weight is 446 g/mol. The van der Waals surface area contributed by atoms with Crippen LogP contribution in [0.1, 0.15) is 21.5 Å². The van der Waals surface area contributed by atoms with Crippen molar-refractivity contribution in [3.8, 4) is 5.75 Å². The van der Waals surface area contributed by atoms with Crippen molar-refractivity contribution in [1.82, 2.24) is 4.72 Å². The summed E-state index contributed by atoms with van der Waals surface area (Å²) in [6.45, 7) is -1.18. The van der Waals surface area contributed by atoms with Crippen LogP contribution in [0.15, 0.2) is 77.7 Å². The molecule has 9 heteroatoms. The minimum atomic E-state index is -3.85. The van der Waals surface area contributed by atoms with E-state index in [1.165, 1.54) is 36.4 Å². The third kappa shape index (κ3) is 6.09. The number of nitrogens with one attached hydrogen (secondary N) is 2. The van der Waals surface area contributed by atoms with Crippen LogP contribution in [0.3, 0.4) is 0 Å². The number of aryl methyl sites for hydroxylation is 1. The average Bonchev–Trinajstić information content (AvgIpc) is 2.74. The summed E-state index contributed by atoms with van der Waals surface area (Å²) in [5, 5.41) is 2.60. The van der Waals surface area contributed by atoms with E-state index < -0.39 is 22.5 Å². The van der Waals surface area contributed by atoms with Gasteiger partial charge in [0.2, 0.25) is 10.0 Å². The van der Waals surface area contributed by atoms with Crippen molar-refractivity contribution < 1.29 is 26.7 Å². The molecule has 0 heterocycles. The quantitative estimate of drug-likeness (QED) is 0.540. The molecule has 3 rings (SSSR count). The van der Waals surface area contributed by atoms with Crippen LogP contribution in [0.4, 0.5) is 14.5 Å². The van der Waals surface area contributed by atoms with Crippen LogP contribution in [0, 0.1) is 6.92 Å². The first kappa shape index (κ1) is 22.4. The number of carbonyl (C=O) groups excluding carboxylic acids is 1. The molecule has 0 saturated carbocycles. The molecule has 3 aromatic carbocycles. The highest BCUT2D eigenvalue weighted by Crippen LogP contribution is 2.21. The fraction of sp³-hybridized carbons (Fsp3) is 0.136. The van der Waals surface area contributed by atoms with Gasteiger partial charge >= 0.3 is 6.61 Å². The minimum Gasteiger partial charge on any atom is -0.435 e. The number of amides is 1. The highest BCUT2D eigenvalue weighted by molar-refractivity contribution is 7.89. The highest BCUT2D eigenvalue weighted by atomic mass is 32.2. The Labute approximate surface area is 178 Å². The van der Waals surface area contributed by atoms with E-state index >= 15 is 0 Å². The maximum Gasteiger partial charge on any atom is 0.387 e. The van der Waals surface area contributed by atoms with Crippen molar-refractivity contribution in [2.24, 2.45) is 0 Å². The zero-order chi connectivity index (χ0) is 22.4. The molecule has 162 valence electrons. The highest BCUT2D eigenvalue weighted by Gasteiger charge is 2.19. The minimum absolute atomic E-state index is 0.00300. The molecule has 0 spiro atoms. The van der Waals surface area contributed by atoms with Crippen LogP contribution < -0.4 is 14.8 Å². The molecule has 0 bridgehead atoms. The number of carbonyl (C=O) groups is 1. The third-order valence-corrected chi connectivity index (χ3v) is 5.93. The predicted octanol–water partition coefficient (Wildman–Crippen LogP) is 4.33. The Morgan fingerprint density at radius 2 is 1.68 bits per heavy atom. The van der Waals surface area contributed by atoms with Crippen molar-refractivity contribution in [3.63, 3.8) is 0 Å². The molecule has 6 nitrogen and oxygen atoms in total. The molecule has 0 radical (unpaired) electrons. The Kier molecular flexibility index (Phi) is 6.98. The summed E-state index contributed by atoms with van der Waals surface area (Å²) < 4.78 is 56.8. The van der Waals surface area contributed by atoms with E-state index in [0.29, 0.717) is 11.3 Å². The van der Waals surface area contributed by atoms with Crippen molar-refractivity contribution in [2.75, 3.05) is 5.32 Å². The van der Waals surface area contributed by atoms with Crippen molar-refractivity contribution >= 4 is 21.6 Å². The first-order valence-corrected chi connectivity index (χ1v) is 10.7. The summed E-state index contributed by atoms with van der Waals surface area (Å²) in [6, 6.07) is 18.8. The molecule has 0 aliphatic carbocycles. The fourth-order valence-electron chi connectivity index (χ4n) is 2.81. The van der Waals surface area contributed by atoms with Gasteiger partial charge in [0.25, 0.3) is 5.91 Å². The van der Waals surface area contributed by atoms with Crippen molar-refractivity contribution in [3.05, 3.63) is 89.5 Å². The molecule has 3 aromatic rings. The Balaban J connectivity index is 1.74. The van der Waals surface area contributed by atoms with E-state index in [-0.39, 0.29) is 22.8 Å².